The van der Waals surface area contributed by atoms with Gasteiger partial charge in [-0.1, -0.05) is 37.6 Å². The lowest BCUT2D eigenvalue weighted by Gasteiger charge is -2.12. The zero-order valence-corrected chi connectivity index (χ0v) is 17.5. The van der Waals surface area contributed by atoms with Gasteiger partial charge in [0.1, 0.15) is 5.52 Å². The third-order valence-electron chi connectivity index (χ3n) is 4.70. The number of benzene rings is 1. The lowest BCUT2D eigenvalue weighted by atomic mass is 10.1. The van der Waals surface area contributed by atoms with Gasteiger partial charge < -0.3 is 0 Å². The van der Waals surface area contributed by atoms with E-state index < -0.39 is 0 Å². The van der Waals surface area contributed by atoms with Gasteiger partial charge >= 0.3 is 5.69 Å². The molecule has 0 saturated heterocycles. The monoisotopic (exact) mass is 444 g/mol. The molecule has 5 nitrogen and oxygen atoms in total. The maximum atomic E-state index is 13.4. The summed E-state index contributed by atoms with van der Waals surface area (Å²) in [6, 6.07) is 9.43. The number of halogens is 2. The van der Waals surface area contributed by atoms with Gasteiger partial charge in [-0.25, -0.2) is 19.2 Å². The van der Waals surface area contributed by atoms with Crippen molar-refractivity contribution >= 4 is 44.2 Å². The Morgan fingerprint density at radius 3 is 2.59 bits per heavy atom. The Morgan fingerprint density at radius 1 is 1.22 bits per heavy atom. The van der Waals surface area contributed by atoms with Crippen LogP contribution in [0.2, 0.25) is 5.02 Å². The summed E-state index contributed by atoms with van der Waals surface area (Å²) < 4.78 is 4.23. The summed E-state index contributed by atoms with van der Waals surface area (Å²) in [6.07, 6.45) is 1.73. The number of imidazole rings is 1. The first kappa shape index (κ1) is 18.2. The van der Waals surface area contributed by atoms with Crippen molar-refractivity contribution in [1.82, 2.24) is 18.9 Å². The number of rotatable bonds is 3. The van der Waals surface area contributed by atoms with Crippen LogP contribution in [0.5, 0.6) is 0 Å². The highest BCUT2D eigenvalue weighted by molar-refractivity contribution is 9.10. The molecular formula is C20H18BrClN4O. The highest BCUT2D eigenvalue weighted by Crippen LogP contribution is 2.25. The first-order valence-electron chi connectivity index (χ1n) is 8.68. The van der Waals surface area contributed by atoms with Gasteiger partial charge in [-0.3, -0.25) is 4.57 Å². The molecule has 0 atom stereocenters. The van der Waals surface area contributed by atoms with Crippen LogP contribution < -0.4 is 5.69 Å². The van der Waals surface area contributed by atoms with E-state index in [1.54, 1.807) is 15.2 Å². The number of fused-ring (bicyclic) bond motifs is 3. The van der Waals surface area contributed by atoms with Crippen molar-refractivity contribution in [3.63, 3.8) is 0 Å². The van der Waals surface area contributed by atoms with Crippen LogP contribution in [0.1, 0.15) is 36.7 Å². The molecule has 138 valence electrons. The smallest absolute Gasteiger partial charge is 0.287 e. The lowest BCUT2D eigenvalue weighted by Crippen LogP contribution is -2.28. The van der Waals surface area contributed by atoms with Crippen molar-refractivity contribution in [2.75, 3.05) is 0 Å². The maximum absolute atomic E-state index is 13.4. The van der Waals surface area contributed by atoms with Crippen LogP contribution in [0.3, 0.4) is 0 Å². The van der Waals surface area contributed by atoms with Crippen LogP contribution in [0, 0.1) is 6.92 Å². The second-order valence-corrected chi connectivity index (χ2v) is 8.26. The number of nitrogens with zero attached hydrogens (tertiary/aromatic N) is 4. The van der Waals surface area contributed by atoms with E-state index >= 15 is 0 Å². The third-order valence-corrected chi connectivity index (χ3v) is 5.39. The van der Waals surface area contributed by atoms with E-state index in [1.807, 2.05) is 37.3 Å². The molecule has 4 aromatic rings. The number of aromatic nitrogens is 4. The predicted molar refractivity (Wildman–Crippen MR) is 112 cm³/mol. The SMILES string of the molecule is Cc1c(C(C)C)nc2c3ncc(Br)cc3n(Cc3ccc(Cl)cc3)c(=O)n12. The van der Waals surface area contributed by atoms with Gasteiger partial charge in [-0.05, 0) is 52.5 Å². The minimum Gasteiger partial charge on any atom is -0.287 e. The average Bonchev–Trinajstić information content (AvgIpc) is 2.98. The third kappa shape index (κ3) is 3.07. The van der Waals surface area contributed by atoms with E-state index in [4.69, 9.17) is 16.6 Å². The second kappa shape index (κ2) is 6.77. The normalized spacial score (nSPS) is 11.8. The molecule has 0 aliphatic heterocycles. The van der Waals surface area contributed by atoms with E-state index in [0.29, 0.717) is 22.7 Å². The zero-order chi connectivity index (χ0) is 19.3. The molecule has 4 rings (SSSR count). The van der Waals surface area contributed by atoms with Gasteiger partial charge in [0.25, 0.3) is 0 Å². The van der Waals surface area contributed by atoms with Crippen molar-refractivity contribution in [3.8, 4) is 0 Å². The van der Waals surface area contributed by atoms with E-state index in [0.717, 1.165) is 26.9 Å². The van der Waals surface area contributed by atoms with Gasteiger partial charge in [0.2, 0.25) is 0 Å². The molecule has 0 N–H and O–H groups in total. The molecule has 0 radical (unpaired) electrons. The van der Waals surface area contributed by atoms with Crippen LogP contribution >= 0.6 is 27.5 Å². The summed E-state index contributed by atoms with van der Waals surface area (Å²) in [5.74, 6) is 0.222. The number of pyridine rings is 1. The fourth-order valence-electron chi connectivity index (χ4n) is 3.41. The van der Waals surface area contributed by atoms with Gasteiger partial charge in [0.05, 0.1) is 17.8 Å². The molecule has 0 spiro atoms. The highest BCUT2D eigenvalue weighted by Gasteiger charge is 2.20. The van der Waals surface area contributed by atoms with E-state index in [-0.39, 0.29) is 11.6 Å². The fourth-order valence-corrected chi connectivity index (χ4v) is 3.86. The molecule has 0 aliphatic rings. The molecule has 7 heteroatoms. The van der Waals surface area contributed by atoms with Crippen molar-refractivity contribution in [1.29, 1.82) is 0 Å². The molecule has 0 aliphatic carbocycles. The van der Waals surface area contributed by atoms with Gasteiger partial charge in [0, 0.05) is 21.4 Å². The summed E-state index contributed by atoms with van der Waals surface area (Å²) in [6.45, 7) is 6.52. The fraction of sp³-hybridized carbons (Fsp3) is 0.250. The van der Waals surface area contributed by atoms with Gasteiger partial charge in [-0.15, -0.1) is 0 Å². The molecule has 0 unspecified atom stereocenters. The van der Waals surface area contributed by atoms with Crippen LogP contribution in [0.15, 0.2) is 45.8 Å². The van der Waals surface area contributed by atoms with Crippen molar-refractivity contribution < 1.29 is 0 Å². The molecule has 27 heavy (non-hydrogen) atoms. The molecule has 0 bridgehead atoms. The Labute approximate surface area is 169 Å². The summed E-state index contributed by atoms with van der Waals surface area (Å²) >= 11 is 9.47. The first-order valence-corrected chi connectivity index (χ1v) is 9.85. The van der Waals surface area contributed by atoms with Crippen molar-refractivity contribution in [2.24, 2.45) is 0 Å². The highest BCUT2D eigenvalue weighted by atomic mass is 79.9. The quantitative estimate of drug-likeness (QED) is 0.449. The Hall–Kier alpha value is -2.18. The van der Waals surface area contributed by atoms with E-state index in [2.05, 4.69) is 34.8 Å². The van der Waals surface area contributed by atoms with Gasteiger partial charge in [-0.2, -0.15) is 0 Å². The maximum Gasteiger partial charge on any atom is 0.335 e. The largest absolute Gasteiger partial charge is 0.335 e. The number of aryl methyl sites for hydroxylation is 1. The Bertz CT molecular complexity index is 1230. The molecule has 1 aromatic carbocycles. The first-order chi connectivity index (χ1) is 12.9. The topological polar surface area (TPSA) is 52.2 Å². The number of hydrogen-bond donors (Lipinski definition) is 0. The Morgan fingerprint density at radius 2 is 1.93 bits per heavy atom. The van der Waals surface area contributed by atoms with E-state index in [1.165, 1.54) is 0 Å². The van der Waals surface area contributed by atoms with Crippen molar-refractivity contribution in [3.05, 3.63) is 73.5 Å². The van der Waals surface area contributed by atoms with Crippen LogP contribution in [-0.4, -0.2) is 18.9 Å². The average molecular weight is 446 g/mol. The van der Waals surface area contributed by atoms with Gasteiger partial charge in [0.15, 0.2) is 5.65 Å². The summed E-state index contributed by atoms with van der Waals surface area (Å²) in [7, 11) is 0. The standard InChI is InChI=1S/C20H18BrClN4O/c1-11(2)17-12(3)26-19(24-17)18-16(8-14(21)9-23-18)25(20(26)27)10-13-4-6-15(22)7-5-13/h4-9,11H,10H2,1-3H3. The van der Waals surface area contributed by atoms with Crippen LogP contribution in [0.4, 0.5) is 0 Å². The van der Waals surface area contributed by atoms with E-state index in [9.17, 15) is 4.79 Å². The molecule has 3 heterocycles. The van der Waals surface area contributed by atoms with Crippen molar-refractivity contribution in [2.45, 2.75) is 33.2 Å². The Kier molecular flexibility index (Phi) is 4.56. The molecule has 0 saturated carbocycles. The predicted octanol–water partition coefficient (Wildman–Crippen LogP) is 4.94. The summed E-state index contributed by atoms with van der Waals surface area (Å²) in [5.41, 5.74) is 4.71. The summed E-state index contributed by atoms with van der Waals surface area (Å²) in [4.78, 5) is 22.7. The van der Waals surface area contributed by atoms with Crippen LogP contribution in [0.25, 0.3) is 16.7 Å². The molecule has 0 fully saturated rings. The lowest BCUT2D eigenvalue weighted by molar-refractivity contribution is 0.736. The second-order valence-electron chi connectivity index (χ2n) is 6.91. The molecule has 3 aromatic heterocycles. The summed E-state index contributed by atoms with van der Waals surface area (Å²) in [5, 5.41) is 0.669. The molecule has 0 amide bonds. The molecular weight excluding hydrogens is 428 g/mol. The Balaban J connectivity index is 2.07. The minimum absolute atomic E-state index is 0.121. The van der Waals surface area contributed by atoms with Crippen LogP contribution in [-0.2, 0) is 6.54 Å². The number of hydrogen-bond acceptors (Lipinski definition) is 3. The minimum atomic E-state index is -0.121. The zero-order valence-electron chi connectivity index (χ0n) is 15.2.